The highest BCUT2D eigenvalue weighted by Crippen LogP contribution is 1.99. The van der Waals surface area contributed by atoms with Crippen LogP contribution in [0.3, 0.4) is 0 Å². The molecule has 0 aromatic carbocycles. The first-order valence-corrected chi connectivity index (χ1v) is 5.34. The molecule has 17 heavy (non-hydrogen) atoms. The molecule has 0 aromatic heterocycles. The number of hydrazone groups is 1. The van der Waals surface area contributed by atoms with Crippen molar-refractivity contribution in [2.75, 3.05) is 13.7 Å². The van der Waals surface area contributed by atoms with Gasteiger partial charge in [-0.15, -0.1) is 0 Å². The van der Waals surface area contributed by atoms with Gasteiger partial charge in [0.1, 0.15) is 5.71 Å². The minimum atomic E-state index is -0.310. The molecule has 0 spiro atoms. The number of hydrogen-bond donors (Lipinski definition) is 2. The summed E-state index contributed by atoms with van der Waals surface area (Å²) in [5, 5.41) is 6.27. The second-order valence-electron chi connectivity index (χ2n) is 3.53. The lowest BCUT2D eigenvalue weighted by atomic mass is 10.1. The quantitative estimate of drug-likeness (QED) is 0.492. The highest BCUT2D eigenvalue weighted by Gasteiger charge is 2.17. The number of ether oxygens (including phenoxy) is 1. The summed E-state index contributed by atoms with van der Waals surface area (Å²) in [5.74, 6) is -0.802. The lowest BCUT2D eigenvalue weighted by molar-refractivity contribution is -0.140. The molecule has 2 N–H and O–H groups in total. The average Bonchev–Trinajstić information content (AvgIpc) is 2.34. The van der Waals surface area contributed by atoms with E-state index in [1.807, 2.05) is 0 Å². The standard InChI is InChI=1S/C10H15N3O4/c1-17-9(15)3-2-6-11-10(16)7-4-5-8(14)13-12-7/h2-6H2,1H3,(H,11,16)(H,13,14). The summed E-state index contributed by atoms with van der Waals surface area (Å²) in [6.07, 6.45) is 1.39. The molecule has 2 amide bonds. The van der Waals surface area contributed by atoms with Crippen molar-refractivity contribution in [2.45, 2.75) is 25.7 Å². The van der Waals surface area contributed by atoms with E-state index in [1.54, 1.807) is 0 Å². The second kappa shape index (κ2) is 6.62. The Labute approximate surface area is 98.6 Å². The van der Waals surface area contributed by atoms with Crippen LogP contribution in [-0.4, -0.2) is 37.1 Å². The molecule has 0 aromatic rings. The molecule has 0 aliphatic carbocycles. The van der Waals surface area contributed by atoms with Crippen LogP contribution in [0.2, 0.25) is 0 Å². The molecule has 1 aliphatic heterocycles. The molecule has 0 saturated carbocycles. The Morgan fingerprint density at radius 2 is 2.24 bits per heavy atom. The molecule has 94 valence electrons. The van der Waals surface area contributed by atoms with E-state index in [0.29, 0.717) is 25.1 Å². The maximum Gasteiger partial charge on any atom is 0.305 e. The number of hydrogen-bond acceptors (Lipinski definition) is 5. The highest BCUT2D eigenvalue weighted by atomic mass is 16.5. The third kappa shape index (κ3) is 4.62. The van der Waals surface area contributed by atoms with E-state index in [-0.39, 0.29) is 30.6 Å². The van der Waals surface area contributed by atoms with Crippen molar-refractivity contribution < 1.29 is 19.1 Å². The van der Waals surface area contributed by atoms with Crippen molar-refractivity contribution in [2.24, 2.45) is 5.10 Å². The number of nitrogens with one attached hydrogen (secondary N) is 2. The predicted molar refractivity (Wildman–Crippen MR) is 59.1 cm³/mol. The molecular weight excluding hydrogens is 226 g/mol. The van der Waals surface area contributed by atoms with Gasteiger partial charge in [0.05, 0.1) is 7.11 Å². The molecule has 7 heteroatoms. The minimum Gasteiger partial charge on any atom is -0.469 e. The van der Waals surface area contributed by atoms with E-state index in [2.05, 4.69) is 20.6 Å². The Hall–Kier alpha value is -1.92. The fraction of sp³-hybridized carbons (Fsp3) is 0.600. The van der Waals surface area contributed by atoms with Crippen molar-refractivity contribution in [1.29, 1.82) is 0 Å². The average molecular weight is 241 g/mol. The monoisotopic (exact) mass is 241 g/mol. The molecule has 0 atom stereocenters. The van der Waals surface area contributed by atoms with Crippen LogP contribution in [0.1, 0.15) is 25.7 Å². The summed E-state index contributed by atoms with van der Waals surface area (Å²) in [6.45, 7) is 0.376. The van der Waals surface area contributed by atoms with Gasteiger partial charge < -0.3 is 10.1 Å². The molecule has 0 unspecified atom stereocenters. The number of esters is 1. The van der Waals surface area contributed by atoms with Crippen LogP contribution >= 0.6 is 0 Å². The molecule has 0 saturated heterocycles. The molecular formula is C10H15N3O4. The van der Waals surface area contributed by atoms with Crippen LogP contribution in [0.15, 0.2) is 5.10 Å². The number of methoxy groups -OCH3 is 1. The maximum absolute atomic E-state index is 11.5. The molecule has 1 aliphatic rings. The first-order valence-electron chi connectivity index (χ1n) is 5.34. The summed E-state index contributed by atoms with van der Waals surface area (Å²) in [6, 6.07) is 0. The van der Waals surface area contributed by atoms with Crippen LogP contribution < -0.4 is 10.7 Å². The zero-order chi connectivity index (χ0) is 12.7. The highest BCUT2D eigenvalue weighted by molar-refractivity contribution is 6.39. The van der Waals surface area contributed by atoms with E-state index < -0.39 is 0 Å². The normalized spacial score (nSPS) is 14.6. The van der Waals surface area contributed by atoms with Crippen molar-refractivity contribution in [3.8, 4) is 0 Å². The summed E-state index contributed by atoms with van der Waals surface area (Å²) < 4.78 is 4.46. The predicted octanol–water partition coefficient (Wildman–Crippen LogP) is -0.678. The maximum atomic E-state index is 11.5. The smallest absolute Gasteiger partial charge is 0.305 e. The number of carbonyl (C=O) groups is 3. The third-order valence-electron chi connectivity index (χ3n) is 2.24. The van der Waals surface area contributed by atoms with Crippen LogP contribution in [0.25, 0.3) is 0 Å². The van der Waals surface area contributed by atoms with E-state index in [1.165, 1.54) is 7.11 Å². The van der Waals surface area contributed by atoms with E-state index in [9.17, 15) is 14.4 Å². The summed E-state index contributed by atoms with van der Waals surface area (Å²) in [5.41, 5.74) is 2.55. The number of rotatable bonds is 5. The van der Waals surface area contributed by atoms with Crippen LogP contribution in [0.5, 0.6) is 0 Å². The second-order valence-corrected chi connectivity index (χ2v) is 3.53. The van der Waals surface area contributed by atoms with Crippen LogP contribution in [0.4, 0.5) is 0 Å². The summed E-state index contributed by atoms with van der Waals surface area (Å²) >= 11 is 0. The van der Waals surface area contributed by atoms with Gasteiger partial charge in [-0.2, -0.15) is 5.10 Å². The molecule has 7 nitrogen and oxygen atoms in total. The lowest BCUT2D eigenvalue weighted by Crippen LogP contribution is -2.37. The Kier molecular flexibility index (Phi) is 5.12. The third-order valence-corrected chi connectivity index (χ3v) is 2.24. The van der Waals surface area contributed by atoms with Crippen molar-refractivity contribution >= 4 is 23.5 Å². The summed E-state index contributed by atoms with van der Waals surface area (Å²) in [7, 11) is 1.32. The van der Waals surface area contributed by atoms with Crippen LogP contribution in [-0.2, 0) is 19.1 Å². The van der Waals surface area contributed by atoms with Gasteiger partial charge in [-0.25, -0.2) is 5.43 Å². The van der Waals surface area contributed by atoms with Gasteiger partial charge in [0, 0.05) is 25.8 Å². The molecule has 0 radical (unpaired) electrons. The zero-order valence-corrected chi connectivity index (χ0v) is 9.62. The summed E-state index contributed by atoms with van der Waals surface area (Å²) in [4.78, 5) is 33.1. The molecule has 0 bridgehead atoms. The van der Waals surface area contributed by atoms with Gasteiger partial charge in [0.2, 0.25) is 5.91 Å². The first kappa shape index (κ1) is 13.1. The van der Waals surface area contributed by atoms with E-state index >= 15 is 0 Å². The Morgan fingerprint density at radius 3 is 2.82 bits per heavy atom. The topological polar surface area (TPSA) is 96.9 Å². The Morgan fingerprint density at radius 1 is 1.47 bits per heavy atom. The van der Waals surface area contributed by atoms with Gasteiger partial charge in [-0.1, -0.05) is 0 Å². The Bertz CT molecular complexity index is 351. The lowest BCUT2D eigenvalue weighted by Gasteiger charge is -2.11. The van der Waals surface area contributed by atoms with E-state index in [4.69, 9.17) is 0 Å². The first-order chi connectivity index (χ1) is 8.13. The SMILES string of the molecule is COC(=O)CCCNC(=O)C1=NNC(=O)CC1. The largest absolute Gasteiger partial charge is 0.469 e. The number of amides is 2. The molecule has 0 fully saturated rings. The van der Waals surface area contributed by atoms with Crippen molar-refractivity contribution in [1.82, 2.24) is 10.7 Å². The van der Waals surface area contributed by atoms with Gasteiger partial charge in [0.15, 0.2) is 0 Å². The molecule has 1 rings (SSSR count). The molecule has 1 heterocycles. The zero-order valence-electron chi connectivity index (χ0n) is 9.62. The van der Waals surface area contributed by atoms with E-state index in [0.717, 1.165) is 0 Å². The fourth-order valence-corrected chi connectivity index (χ4v) is 1.28. The minimum absolute atomic E-state index is 0.188. The Balaban J connectivity index is 2.21. The van der Waals surface area contributed by atoms with Gasteiger partial charge in [0.25, 0.3) is 5.91 Å². The fourth-order valence-electron chi connectivity index (χ4n) is 1.28. The van der Waals surface area contributed by atoms with Gasteiger partial charge >= 0.3 is 5.97 Å². The number of carbonyl (C=O) groups excluding carboxylic acids is 3. The van der Waals surface area contributed by atoms with Gasteiger partial charge in [-0.3, -0.25) is 14.4 Å². The van der Waals surface area contributed by atoms with Crippen molar-refractivity contribution in [3.05, 3.63) is 0 Å². The van der Waals surface area contributed by atoms with Crippen LogP contribution in [0, 0.1) is 0 Å². The van der Waals surface area contributed by atoms with Crippen molar-refractivity contribution in [3.63, 3.8) is 0 Å². The number of nitrogens with zero attached hydrogens (tertiary/aromatic N) is 1. The van der Waals surface area contributed by atoms with Gasteiger partial charge in [-0.05, 0) is 6.42 Å².